The molecule has 0 spiro atoms. The number of hydrogen-bond donors (Lipinski definition) is 0. The Bertz CT molecular complexity index is 896. The third-order valence-electron chi connectivity index (χ3n) is 10.4. The van der Waals surface area contributed by atoms with Crippen molar-refractivity contribution in [2.75, 3.05) is 13.2 Å². The zero-order chi connectivity index (χ0) is 40.1. The second-order valence-corrected chi connectivity index (χ2v) is 16.0. The van der Waals surface area contributed by atoms with Gasteiger partial charge in [-0.1, -0.05) is 193 Å². The van der Waals surface area contributed by atoms with Crippen LogP contribution in [0.15, 0.2) is 24.3 Å². The molecule has 0 rings (SSSR count). The Morgan fingerprint density at radius 1 is 0.345 bits per heavy atom. The lowest BCUT2D eigenvalue weighted by atomic mass is 10.0. The predicted molar refractivity (Wildman–Crippen MR) is 233 cm³/mol. The van der Waals surface area contributed by atoms with Gasteiger partial charge in [-0.25, -0.2) is 0 Å². The molecule has 0 aliphatic heterocycles. The number of rotatable bonds is 43. The van der Waals surface area contributed by atoms with Gasteiger partial charge >= 0.3 is 17.9 Å². The number of carbonyl (C=O) groups excluding carboxylic acids is 3. The molecule has 0 amide bonds. The molecular formula is C49H90O6. The number of allylic oxidation sites excluding steroid dienone is 4. The molecule has 0 aliphatic carbocycles. The fraction of sp³-hybridized carbons (Fsp3) is 0.857. The third kappa shape index (κ3) is 42.9. The summed E-state index contributed by atoms with van der Waals surface area (Å²) in [6, 6.07) is 0. The second-order valence-electron chi connectivity index (χ2n) is 16.0. The van der Waals surface area contributed by atoms with Gasteiger partial charge in [-0.05, 0) is 64.2 Å². The van der Waals surface area contributed by atoms with Crippen molar-refractivity contribution >= 4 is 17.9 Å². The molecular weight excluding hydrogens is 685 g/mol. The molecule has 0 radical (unpaired) electrons. The molecule has 55 heavy (non-hydrogen) atoms. The zero-order valence-electron chi connectivity index (χ0n) is 36.7. The topological polar surface area (TPSA) is 78.9 Å². The Kier molecular flexibility index (Phi) is 42.9. The van der Waals surface area contributed by atoms with E-state index < -0.39 is 6.10 Å². The van der Waals surface area contributed by atoms with Crippen LogP contribution in [0.4, 0.5) is 0 Å². The maximum Gasteiger partial charge on any atom is 0.306 e. The number of esters is 3. The summed E-state index contributed by atoms with van der Waals surface area (Å²) >= 11 is 0. The van der Waals surface area contributed by atoms with Crippen molar-refractivity contribution in [3.63, 3.8) is 0 Å². The van der Waals surface area contributed by atoms with E-state index in [9.17, 15) is 14.4 Å². The molecule has 1 unspecified atom stereocenters. The Labute approximate surface area is 341 Å². The summed E-state index contributed by atoms with van der Waals surface area (Å²) in [4.78, 5) is 37.7. The van der Waals surface area contributed by atoms with Crippen LogP contribution in [0.5, 0.6) is 0 Å². The first-order chi connectivity index (χ1) is 27.0. The highest BCUT2D eigenvalue weighted by Gasteiger charge is 2.19. The molecule has 0 aromatic carbocycles. The van der Waals surface area contributed by atoms with E-state index in [1.54, 1.807) is 0 Å². The molecule has 0 saturated heterocycles. The standard InChI is InChI=1S/C49H90O6/c1-4-7-10-13-16-19-21-23-24-26-27-30-33-36-39-42-48(51)54-45-46(44-53-47(50)41-38-35-32-29-18-15-12-9-6-3)55-49(52)43-40-37-34-31-28-25-22-20-17-14-11-8-5-2/h19,21,29,32,46H,4-18,20,22-28,30-31,33-45H2,1-3H3/b21-19-,32-29-. The summed E-state index contributed by atoms with van der Waals surface area (Å²) < 4.78 is 16.7. The van der Waals surface area contributed by atoms with Crippen LogP contribution in [-0.2, 0) is 28.6 Å². The van der Waals surface area contributed by atoms with Gasteiger partial charge in [-0.2, -0.15) is 0 Å². The van der Waals surface area contributed by atoms with Crippen LogP contribution in [0.3, 0.4) is 0 Å². The molecule has 0 fully saturated rings. The third-order valence-corrected chi connectivity index (χ3v) is 10.4. The molecule has 6 heteroatoms. The zero-order valence-corrected chi connectivity index (χ0v) is 36.7. The Morgan fingerprint density at radius 2 is 0.618 bits per heavy atom. The average molecular weight is 775 g/mol. The monoisotopic (exact) mass is 775 g/mol. The van der Waals surface area contributed by atoms with Gasteiger partial charge in [0.2, 0.25) is 0 Å². The molecule has 0 bridgehead atoms. The summed E-state index contributed by atoms with van der Waals surface area (Å²) in [6.07, 6.45) is 48.8. The summed E-state index contributed by atoms with van der Waals surface area (Å²) in [6.45, 7) is 6.57. The van der Waals surface area contributed by atoms with Gasteiger partial charge in [-0.3, -0.25) is 14.4 Å². The van der Waals surface area contributed by atoms with E-state index in [2.05, 4.69) is 45.1 Å². The van der Waals surface area contributed by atoms with Crippen molar-refractivity contribution in [2.45, 2.75) is 258 Å². The van der Waals surface area contributed by atoms with Crippen LogP contribution in [-0.4, -0.2) is 37.2 Å². The van der Waals surface area contributed by atoms with Crippen molar-refractivity contribution in [2.24, 2.45) is 0 Å². The molecule has 1 atom stereocenters. The van der Waals surface area contributed by atoms with E-state index in [4.69, 9.17) is 14.2 Å². The molecule has 0 aliphatic rings. The van der Waals surface area contributed by atoms with Gasteiger partial charge < -0.3 is 14.2 Å². The lowest BCUT2D eigenvalue weighted by Crippen LogP contribution is -2.30. The normalized spacial score (nSPS) is 12.1. The van der Waals surface area contributed by atoms with E-state index >= 15 is 0 Å². The highest BCUT2D eigenvalue weighted by molar-refractivity contribution is 5.71. The highest BCUT2D eigenvalue weighted by atomic mass is 16.6. The van der Waals surface area contributed by atoms with Crippen molar-refractivity contribution in [1.82, 2.24) is 0 Å². The maximum absolute atomic E-state index is 12.7. The molecule has 0 aromatic heterocycles. The Morgan fingerprint density at radius 3 is 1.00 bits per heavy atom. The lowest BCUT2D eigenvalue weighted by Gasteiger charge is -2.18. The average Bonchev–Trinajstić information content (AvgIpc) is 3.18. The molecule has 0 N–H and O–H groups in total. The maximum atomic E-state index is 12.7. The molecule has 0 heterocycles. The van der Waals surface area contributed by atoms with Crippen molar-refractivity contribution in [1.29, 1.82) is 0 Å². The van der Waals surface area contributed by atoms with E-state index in [0.29, 0.717) is 19.3 Å². The van der Waals surface area contributed by atoms with E-state index in [0.717, 1.165) is 57.8 Å². The van der Waals surface area contributed by atoms with Crippen LogP contribution in [0, 0.1) is 0 Å². The van der Waals surface area contributed by atoms with Gasteiger partial charge in [-0.15, -0.1) is 0 Å². The minimum Gasteiger partial charge on any atom is -0.462 e. The van der Waals surface area contributed by atoms with Crippen molar-refractivity contribution in [3.05, 3.63) is 24.3 Å². The number of hydrogen-bond acceptors (Lipinski definition) is 6. The van der Waals surface area contributed by atoms with Crippen LogP contribution in [0.25, 0.3) is 0 Å². The van der Waals surface area contributed by atoms with Crippen LogP contribution in [0.2, 0.25) is 0 Å². The smallest absolute Gasteiger partial charge is 0.306 e. The van der Waals surface area contributed by atoms with Crippen LogP contribution < -0.4 is 0 Å². The first kappa shape index (κ1) is 52.9. The minimum atomic E-state index is -0.777. The van der Waals surface area contributed by atoms with Gasteiger partial charge in [0, 0.05) is 19.3 Å². The van der Waals surface area contributed by atoms with Gasteiger partial charge in [0.05, 0.1) is 0 Å². The number of carbonyl (C=O) groups is 3. The largest absolute Gasteiger partial charge is 0.462 e. The van der Waals surface area contributed by atoms with Crippen molar-refractivity contribution in [3.8, 4) is 0 Å². The van der Waals surface area contributed by atoms with Gasteiger partial charge in [0.25, 0.3) is 0 Å². The molecule has 0 aromatic rings. The SMILES string of the molecule is CCCCCC/C=C\CCCCCCCCCC(=O)OCC(COC(=O)CCC/C=C\CCCCCC)OC(=O)CCCCCCCCCCCCCCC. The molecule has 322 valence electrons. The summed E-state index contributed by atoms with van der Waals surface area (Å²) in [7, 11) is 0. The fourth-order valence-electron chi connectivity index (χ4n) is 6.79. The quantitative estimate of drug-likeness (QED) is 0.0266. The van der Waals surface area contributed by atoms with E-state index in [1.807, 2.05) is 0 Å². The second kappa shape index (κ2) is 44.6. The Balaban J connectivity index is 4.34. The van der Waals surface area contributed by atoms with Gasteiger partial charge in [0.15, 0.2) is 6.10 Å². The molecule has 6 nitrogen and oxygen atoms in total. The first-order valence-corrected chi connectivity index (χ1v) is 23.8. The summed E-state index contributed by atoms with van der Waals surface area (Å²) in [5, 5.41) is 0. The van der Waals surface area contributed by atoms with Crippen LogP contribution in [0.1, 0.15) is 252 Å². The number of unbranched alkanes of at least 4 members (excludes halogenated alkanes) is 28. The van der Waals surface area contributed by atoms with Gasteiger partial charge in [0.1, 0.15) is 13.2 Å². The fourth-order valence-corrected chi connectivity index (χ4v) is 6.79. The summed E-state index contributed by atoms with van der Waals surface area (Å²) in [5.74, 6) is -0.913. The predicted octanol–water partition coefficient (Wildman–Crippen LogP) is 15.2. The van der Waals surface area contributed by atoms with Crippen LogP contribution >= 0.6 is 0 Å². The van der Waals surface area contributed by atoms with Crippen molar-refractivity contribution < 1.29 is 28.6 Å². The first-order valence-electron chi connectivity index (χ1n) is 23.8. The highest BCUT2D eigenvalue weighted by Crippen LogP contribution is 2.15. The van der Waals surface area contributed by atoms with E-state index in [-0.39, 0.29) is 31.1 Å². The van der Waals surface area contributed by atoms with E-state index in [1.165, 1.54) is 154 Å². The molecule has 0 saturated carbocycles. The number of ether oxygens (including phenoxy) is 3. The Hall–Kier alpha value is -2.11. The lowest BCUT2D eigenvalue weighted by molar-refractivity contribution is -0.167. The summed E-state index contributed by atoms with van der Waals surface area (Å²) in [5.41, 5.74) is 0. The minimum absolute atomic E-state index is 0.0790.